The number of primary amides is 1. The van der Waals surface area contributed by atoms with Crippen LogP contribution in [-0.2, 0) is 0 Å². The van der Waals surface area contributed by atoms with Crippen LogP contribution < -0.4 is 11.1 Å². The smallest absolute Gasteiger partial charge is 0.407 e. The number of carbonyl (C=O) groups excluding carboxylic acids is 1. The number of nitrogens with two attached hydrogens (primary N) is 1. The number of hydrogen-bond acceptors (Lipinski definition) is 6. The number of carboxylic acid groups (broad SMARTS) is 1. The van der Waals surface area contributed by atoms with Crippen LogP contribution in [0.5, 0.6) is 0 Å². The summed E-state index contributed by atoms with van der Waals surface area (Å²) in [5, 5.41) is 35.1. The van der Waals surface area contributed by atoms with Gasteiger partial charge >= 0.3 is 12.2 Å². The zero-order valence-corrected chi connectivity index (χ0v) is 17.2. The minimum atomic E-state index is -4.04. The third kappa shape index (κ3) is 5.53. The van der Waals surface area contributed by atoms with Gasteiger partial charge in [-0.1, -0.05) is 0 Å². The highest BCUT2D eigenvalue weighted by Gasteiger charge is 2.44. The minimum Gasteiger partial charge on any atom is -0.465 e. The van der Waals surface area contributed by atoms with Crippen molar-refractivity contribution in [3.63, 3.8) is 0 Å². The molecule has 0 spiro atoms. The third-order valence-electron chi connectivity index (χ3n) is 5.45. The average molecular weight is 466 g/mol. The van der Waals surface area contributed by atoms with E-state index >= 15 is 0 Å². The minimum absolute atomic E-state index is 0.0375. The summed E-state index contributed by atoms with van der Waals surface area (Å²) in [6.45, 7) is -0.0731. The van der Waals surface area contributed by atoms with E-state index < -0.39 is 54.8 Å². The molecule has 3 unspecified atom stereocenters. The number of benzene rings is 1. The molecule has 1 aromatic heterocycles. The first-order chi connectivity index (χ1) is 15.5. The van der Waals surface area contributed by atoms with Crippen molar-refractivity contribution in [2.75, 3.05) is 11.9 Å². The van der Waals surface area contributed by atoms with Gasteiger partial charge in [-0.15, -0.1) is 0 Å². The molecule has 0 radical (unpaired) electrons. The van der Waals surface area contributed by atoms with Crippen LogP contribution in [0.3, 0.4) is 0 Å². The first kappa shape index (κ1) is 23.9. The molecule has 13 heteroatoms. The quantitative estimate of drug-likeness (QED) is 0.488. The number of likely N-dealkylation sites (tertiary alicyclic amines) is 1. The molecule has 0 bridgehead atoms. The number of halogens is 3. The standard InChI is InChI=1S/C20H21F3N6O4/c21-12-1-3-13(4-2-12)26-18-14(17(25)30)10-29(27-18)16-11(9-24)6-8-28(19(31)32)15(16)5-7-20(22,23)33/h1-4,10-11,15-16,33H,5-8H2,(H2,25,30)(H,26,27)(H,31,32). The highest BCUT2D eigenvalue weighted by molar-refractivity contribution is 5.98. The Morgan fingerprint density at radius 1 is 1.33 bits per heavy atom. The van der Waals surface area contributed by atoms with E-state index in [2.05, 4.69) is 10.4 Å². The summed E-state index contributed by atoms with van der Waals surface area (Å²) >= 11 is 0. The van der Waals surface area contributed by atoms with Crippen molar-refractivity contribution in [1.29, 1.82) is 5.26 Å². The summed E-state index contributed by atoms with van der Waals surface area (Å²) in [4.78, 5) is 24.7. The fourth-order valence-electron chi connectivity index (χ4n) is 3.94. The Bertz CT molecular complexity index is 1060. The Balaban J connectivity index is 2.03. The van der Waals surface area contributed by atoms with Crippen LogP contribution in [0.25, 0.3) is 0 Å². The second-order valence-electron chi connectivity index (χ2n) is 7.63. The molecule has 10 nitrogen and oxygen atoms in total. The van der Waals surface area contributed by atoms with Gasteiger partial charge in [-0.05, 0) is 37.1 Å². The van der Waals surface area contributed by atoms with Crippen LogP contribution in [-0.4, -0.2) is 55.6 Å². The number of nitrogens with one attached hydrogen (secondary N) is 1. The van der Waals surface area contributed by atoms with E-state index in [4.69, 9.17) is 10.8 Å². The topological polar surface area (TPSA) is 158 Å². The molecule has 1 fully saturated rings. The van der Waals surface area contributed by atoms with Crippen LogP contribution in [0.1, 0.15) is 35.7 Å². The number of hydrogen-bond donors (Lipinski definition) is 4. The molecule has 33 heavy (non-hydrogen) atoms. The van der Waals surface area contributed by atoms with Crippen LogP contribution in [0.2, 0.25) is 0 Å². The molecule has 0 aliphatic carbocycles. The molecule has 2 aromatic rings. The van der Waals surface area contributed by atoms with Gasteiger partial charge in [0.15, 0.2) is 5.82 Å². The van der Waals surface area contributed by atoms with Gasteiger partial charge in [0.2, 0.25) is 0 Å². The SMILES string of the molecule is N#CC1CCN(C(=O)O)C(CCC(O)(F)F)C1n1cc(C(N)=O)c(Nc2ccc(F)cc2)n1. The van der Waals surface area contributed by atoms with Crippen LogP contribution in [0.15, 0.2) is 30.5 Å². The van der Waals surface area contributed by atoms with Crippen LogP contribution >= 0.6 is 0 Å². The van der Waals surface area contributed by atoms with Crippen molar-refractivity contribution in [2.45, 2.75) is 37.5 Å². The number of carbonyl (C=O) groups is 2. The number of nitriles is 1. The monoisotopic (exact) mass is 466 g/mol. The lowest BCUT2D eigenvalue weighted by Crippen LogP contribution is -2.52. The molecule has 0 saturated carbocycles. The Morgan fingerprint density at radius 2 is 2.00 bits per heavy atom. The van der Waals surface area contributed by atoms with E-state index in [1.807, 2.05) is 6.07 Å². The summed E-state index contributed by atoms with van der Waals surface area (Å²) in [5.74, 6) is -2.23. The van der Waals surface area contributed by atoms with Gasteiger partial charge in [0.05, 0.1) is 24.1 Å². The molecule has 1 aromatic carbocycles. The molecule has 1 aliphatic heterocycles. The molecule has 1 aliphatic rings. The van der Waals surface area contributed by atoms with E-state index in [0.717, 1.165) is 9.58 Å². The molecule has 176 valence electrons. The van der Waals surface area contributed by atoms with Crippen molar-refractivity contribution in [2.24, 2.45) is 11.7 Å². The lowest BCUT2D eigenvalue weighted by atomic mass is 9.84. The zero-order chi connectivity index (χ0) is 24.3. The Morgan fingerprint density at radius 3 is 2.55 bits per heavy atom. The summed E-state index contributed by atoms with van der Waals surface area (Å²) in [7, 11) is 0. The van der Waals surface area contributed by atoms with Gasteiger partial charge in [-0.2, -0.15) is 19.1 Å². The normalized spacial score (nSPS) is 20.8. The zero-order valence-electron chi connectivity index (χ0n) is 17.2. The average Bonchev–Trinajstić information content (AvgIpc) is 3.16. The summed E-state index contributed by atoms with van der Waals surface area (Å²) < 4.78 is 40.7. The number of amides is 2. The predicted molar refractivity (Wildman–Crippen MR) is 108 cm³/mol. The summed E-state index contributed by atoms with van der Waals surface area (Å²) in [5.41, 5.74) is 5.70. The molecule has 2 heterocycles. The number of aromatic nitrogens is 2. The second-order valence-corrected chi connectivity index (χ2v) is 7.63. The lowest BCUT2D eigenvalue weighted by Gasteiger charge is -2.42. The predicted octanol–water partition coefficient (Wildman–Crippen LogP) is 2.66. The van der Waals surface area contributed by atoms with Crippen molar-refractivity contribution in [3.8, 4) is 6.07 Å². The van der Waals surface area contributed by atoms with E-state index in [1.165, 1.54) is 30.5 Å². The molecule has 3 rings (SSSR count). The maximum Gasteiger partial charge on any atom is 0.407 e. The van der Waals surface area contributed by atoms with Gasteiger partial charge in [0.25, 0.3) is 5.91 Å². The third-order valence-corrected chi connectivity index (χ3v) is 5.45. The lowest BCUT2D eigenvalue weighted by molar-refractivity contribution is -0.206. The Kier molecular flexibility index (Phi) is 6.78. The summed E-state index contributed by atoms with van der Waals surface area (Å²) in [6, 6.07) is 4.98. The van der Waals surface area contributed by atoms with Gasteiger partial charge in [-0.3, -0.25) is 9.48 Å². The van der Waals surface area contributed by atoms with E-state index in [0.29, 0.717) is 5.69 Å². The highest BCUT2D eigenvalue weighted by atomic mass is 19.3. The van der Waals surface area contributed by atoms with Crippen LogP contribution in [0, 0.1) is 23.1 Å². The summed E-state index contributed by atoms with van der Waals surface area (Å²) in [6.07, 6.45) is -5.61. The number of nitrogens with zero attached hydrogens (tertiary/aromatic N) is 4. The number of piperidine rings is 1. The molecular formula is C20H21F3N6O4. The Hall–Kier alpha value is -3.79. The number of anilines is 2. The van der Waals surface area contributed by atoms with Crippen LogP contribution in [0.4, 0.5) is 29.5 Å². The first-order valence-corrected chi connectivity index (χ1v) is 9.91. The molecule has 5 N–H and O–H groups in total. The largest absolute Gasteiger partial charge is 0.465 e. The Labute approximate surface area is 186 Å². The van der Waals surface area contributed by atoms with Gasteiger partial charge in [0, 0.05) is 24.8 Å². The van der Waals surface area contributed by atoms with Gasteiger partial charge in [-0.25, -0.2) is 9.18 Å². The maximum atomic E-state index is 13.2. The van der Waals surface area contributed by atoms with E-state index in [1.54, 1.807) is 0 Å². The molecule has 1 saturated heterocycles. The molecular weight excluding hydrogens is 445 g/mol. The van der Waals surface area contributed by atoms with Crippen molar-refractivity contribution in [3.05, 3.63) is 41.8 Å². The number of aliphatic hydroxyl groups is 1. The van der Waals surface area contributed by atoms with Crippen molar-refractivity contribution in [1.82, 2.24) is 14.7 Å². The number of rotatable bonds is 7. The van der Waals surface area contributed by atoms with Crippen molar-refractivity contribution < 1.29 is 33.0 Å². The van der Waals surface area contributed by atoms with E-state index in [-0.39, 0.29) is 24.3 Å². The van der Waals surface area contributed by atoms with E-state index in [9.17, 15) is 33.1 Å². The maximum absolute atomic E-state index is 13.2. The first-order valence-electron chi connectivity index (χ1n) is 9.91. The number of alkyl halides is 2. The van der Waals surface area contributed by atoms with Gasteiger partial charge < -0.3 is 26.2 Å². The van der Waals surface area contributed by atoms with Gasteiger partial charge in [0.1, 0.15) is 11.4 Å². The highest BCUT2D eigenvalue weighted by Crippen LogP contribution is 2.37. The fourth-order valence-corrected chi connectivity index (χ4v) is 3.94. The van der Waals surface area contributed by atoms with Crippen molar-refractivity contribution >= 4 is 23.5 Å². The molecule has 2 amide bonds. The fraction of sp³-hybridized carbons (Fsp3) is 0.400. The second kappa shape index (κ2) is 9.37. The molecule has 3 atom stereocenters.